The van der Waals surface area contributed by atoms with Crippen molar-refractivity contribution in [1.82, 2.24) is 20.3 Å². The van der Waals surface area contributed by atoms with Gasteiger partial charge in [0.1, 0.15) is 11.6 Å². The molecule has 0 aliphatic carbocycles. The van der Waals surface area contributed by atoms with Crippen molar-refractivity contribution in [2.45, 2.75) is 32.9 Å². The van der Waals surface area contributed by atoms with E-state index in [1.54, 1.807) is 0 Å². The molecule has 0 aliphatic heterocycles. The number of alkyl halides is 2. The van der Waals surface area contributed by atoms with Crippen LogP contribution in [0.1, 0.15) is 25.3 Å². The molecule has 0 atom stereocenters. The van der Waals surface area contributed by atoms with Gasteiger partial charge in [0.15, 0.2) is 0 Å². The van der Waals surface area contributed by atoms with Crippen LogP contribution in [0.2, 0.25) is 5.02 Å². The van der Waals surface area contributed by atoms with Crippen LogP contribution >= 0.6 is 11.6 Å². The number of amides is 1. The molecule has 0 unspecified atom stereocenters. The SMILES string of the molecule is CCCC(=O)NCc1ccc(Cl)c(-c2nc(-c3cccc(OC(F)F)n3)cc(=O)[nH]2)c1F. The number of pyridine rings is 1. The van der Waals surface area contributed by atoms with Crippen molar-refractivity contribution >= 4 is 17.5 Å². The summed E-state index contributed by atoms with van der Waals surface area (Å²) in [6.07, 6.45) is 0.954. The van der Waals surface area contributed by atoms with Gasteiger partial charge < -0.3 is 15.0 Å². The molecule has 11 heteroatoms. The van der Waals surface area contributed by atoms with Crippen LogP contribution in [0, 0.1) is 5.82 Å². The number of ether oxygens (including phenoxy) is 1. The van der Waals surface area contributed by atoms with Crippen LogP contribution in [0.3, 0.4) is 0 Å². The quantitative estimate of drug-likeness (QED) is 0.515. The first kappa shape index (κ1) is 23.3. The lowest BCUT2D eigenvalue weighted by Crippen LogP contribution is -2.23. The molecule has 0 bridgehead atoms. The van der Waals surface area contributed by atoms with E-state index >= 15 is 4.39 Å². The second-order valence-electron chi connectivity index (χ2n) is 6.64. The molecule has 0 fully saturated rings. The van der Waals surface area contributed by atoms with E-state index in [1.165, 1.54) is 30.3 Å². The smallest absolute Gasteiger partial charge is 0.388 e. The van der Waals surface area contributed by atoms with Crippen molar-refractivity contribution in [2.24, 2.45) is 0 Å². The maximum Gasteiger partial charge on any atom is 0.388 e. The Kier molecular flexibility index (Phi) is 7.47. The van der Waals surface area contributed by atoms with Crippen LogP contribution in [0.25, 0.3) is 22.8 Å². The Balaban J connectivity index is 2.00. The van der Waals surface area contributed by atoms with Crippen molar-refractivity contribution in [3.8, 4) is 28.7 Å². The number of carbonyl (C=O) groups excluding carboxylic acids is 1. The van der Waals surface area contributed by atoms with E-state index in [1.807, 2.05) is 6.92 Å². The van der Waals surface area contributed by atoms with E-state index in [0.717, 1.165) is 6.07 Å². The number of H-pyrrole nitrogens is 1. The van der Waals surface area contributed by atoms with Crippen molar-refractivity contribution in [2.75, 3.05) is 0 Å². The molecular weight excluding hydrogens is 449 g/mol. The summed E-state index contributed by atoms with van der Waals surface area (Å²) >= 11 is 6.17. The van der Waals surface area contributed by atoms with E-state index in [9.17, 15) is 18.4 Å². The highest BCUT2D eigenvalue weighted by atomic mass is 35.5. The fourth-order valence-corrected chi connectivity index (χ4v) is 3.12. The third-order valence-electron chi connectivity index (χ3n) is 4.30. The topological polar surface area (TPSA) is 97.0 Å². The molecule has 2 aromatic heterocycles. The van der Waals surface area contributed by atoms with Gasteiger partial charge >= 0.3 is 6.61 Å². The Bertz CT molecular complexity index is 1190. The van der Waals surface area contributed by atoms with Gasteiger partial charge in [0.25, 0.3) is 5.56 Å². The van der Waals surface area contributed by atoms with Crippen LogP contribution in [-0.2, 0) is 11.3 Å². The number of benzene rings is 1. The minimum absolute atomic E-state index is 0.000541. The summed E-state index contributed by atoms with van der Waals surface area (Å²) in [4.78, 5) is 34.4. The molecular formula is C21H18ClF3N4O3. The number of nitrogens with one attached hydrogen (secondary N) is 2. The molecule has 0 aliphatic rings. The maximum atomic E-state index is 15.2. The molecule has 168 valence electrons. The number of nitrogens with zero attached hydrogens (tertiary/aromatic N) is 2. The predicted octanol–water partition coefficient (Wildman–Crippen LogP) is 4.31. The Hall–Kier alpha value is -3.40. The van der Waals surface area contributed by atoms with E-state index in [-0.39, 0.29) is 51.7 Å². The van der Waals surface area contributed by atoms with Gasteiger partial charge in [-0.2, -0.15) is 8.78 Å². The molecule has 2 N–H and O–H groups in total. The molecule has 3 aromatic rings. The molecule has 3 rings (SSSR count). The first-order valence-corrected chi connectivity index (χ1v) is 9.93. The number of halogens is 4. The van der Waals surface area contributed by atoms with Crippen molar-refractivity contribution in [1.29, 1.82) is 0 Å². The zero-order chi connectivity index (χ0) is 23.3. The van der Waals surface area contributed by atoms with Gasteiger partial charge in [-0.15, -0.1) is 0 Å². The highest BCUT2D eigenvalue weighted by Gasteiger charge is 2.18. The summed E-state index contributed by atoms with van der Waals surface area (Å²) in [5.41, 5.74) is -0.597. The highest BCUT2D eigenvalue weighted by molar-refractivity contribution is 6.33. The van der Waals surface area contributed by atoms with Crippen LogP contribution in [0.5, 0.6) is 5.88 Å². The number of aromatic nitrogens is 3. The standard InChI is InChI=1S/C21H18ClF3N4O3/c1-2-4-15(30)26-10-11-7-8-12(22)18(19(11)23)20-28-14(9-16(31)29-20)13-5-3-6-17(27-13)32-21(24)25/h3,5-9,21H,2,4,10H2,1H3,(H,26,30)(H,28,29,31). The molecule has 1 aromatic carbocycles. The third kappa shape index (κ3) is 5.64. The number of hydrogen-bond acceptors (Lipinski definition) is 5. The predicted molar refractivity (Wildman–Crippen MR) is 112 cm³/mol. The third-order valence-corrected chi connectivity index (χ3v) is 4.61. The molecule has 0 radical (unpaired) electrons. The second-order valence-corrected chi connectivity index (χ2v) is 7.05. The molecule has 7 nitrogen and oxygen atoms in total. The van der Waals surface area contributed by atoms with Crippen LogP contribution < -0.4 is 15.6 Å². The molecule has 1 amide bonds. The van der Waals surface area contributed by atoms with Gasteiger partial charge in [0, 0.05) is 30.7 Å². The Morgan fingerprint density at radius 2 is 2.00 bits per heavy atom. The van der Waals surface area contributed by atoms with Crippen LogP contribution in [-0.4, -0.2) is 27.5 Å². The normalized spacial score (nSPS) is 10.9. The summed E-state index contributed by atoms with van der Waals surface area (Å²) < 4.78 is 44.4. The lowest BCUT2D eigenvalue weighted by atomic mass is 10.1. The van der Waals surface area contributed by atoms with Gasteiger partial charge in [-0.05, 0) is 18.6 Å². The molecule has 0 spiro atoms. The Morgan fingerprint density at radius 1 is 1.22 bits per heavy atom. The fourth-order valence-electron chi connectivity index (χ4n) is 2.88. The number of aromatic amines is 1. The van der Waals surface area contributed by atoms with Crippen molar-refractivity contribution in [3.63, 3.8) is 0 Å². The van der Waals surface area contributed by atoms with Crippen LogP contribution in [0.4, 0.5) is 13.2 Å². The summed E-state index contributed by atoms with van der Waals surface area (Å²) in [5, 5.41) is 2.59. The van der Waals surface area contributed by atoms with Gasteiger partial charge in [-0.25, -0.2) is 14.4 Å². The van der Waals surface area contributed by atoms with E-state index in [0.29, 0.717) is 12.8 Å². The Labute approximate surface area is 185 Å². The zero-order valence-corrected chi connectivity index (χ0v) is 17.5. The maximum absolute atomic E-state index is 15.2. The first-order chi connectivity index (χ1) is 15.3. The summed E-state index contributed by atoms with van der Waals surface area (Å²) in [5.74, 6) is -1.54. The van der Waals surface area contributed by atoms with E-state index < -0.39 is 18.0 Å². The average molecular weight is 467 g/mol. The Morgan fingerprint density at radius 3 is 2.72 bits per heavy atom. The molecule has 0 saturated heterocycles. The van der Waals surface area contributed by atoms with Crippen molar-refractivity contribution < 1.29 is 22.7 Å². The van der Waals surface area contributed by atoms with E-state index in [4.69, 9.17) is 11.6 Å². The van der Waals surface area contributed by atoms with Crippen molar-refractivity contribution in [3.05, 3.63) is 63.2 Å². The molecule has 32 heavy (non-hydrogen) atoms. The van der Waals surface area contributed by atoms with Gasteiger partial charge in [0.2, 0.25) is 11.8 Å². The lowest BCUT2D eigenvalue weighted by molar-refractivity contribution is -0.121. The van der Waals surface area contributed by atoms with Gasteiger partial charge in [-0.3, -0.25) is 9.59 Å². The number of carbonyl (C=O) groups is 1. The highest BCUT2D eigenvalue weighted by Crippen LogP contribution is 2.31. The largest absolute Gasteiger partial charge is 0.417 e. The molecule has 2 heterocycles. The summed E-state index contributed by atoms with van der Waals surface area (Å²) in [7, 11) is 0. The van der Waals surface area contributed by atoms with Gasteiger partial charge in [-0.1, -0.05) is 30.7 Å². The summed E-state index contributed by atoms with van der Waals surface area (Å²) in [6, 6.07) is 7.97. The number of hydrogen-bond donors (Lipinski definition) is 2. The second kappa shape index (κ2) is 10.3. The minimum atomic E-state index is -3.08. The zero-order valence-electron chi connectivity index (χ0n) is 16.8. The average Bonchev–Trinajstić information content (AvgIpc) is 2.73. The summed E-state index contributed by atoms with van der Waals surface area (Å²) in [6.45, 7) is -1.30. The van der Waals surface area contributed by atoms with E-state index in [2.05, 4.69) is 25.0 Å². The first-order valence-electron chi connectivity index (χ1n) is 9.56. The van der Waals surface area contributed by atoms with Gasteiger partial charge in [0.05, 0.1) is 22.0 Å². The minimum Gasteiger partial charge on any atom is -0.417 e. The molecule has 0 saturated carbocycles. The monoisotopic (exact) mass is 466 g/mol. The number of rotatable bonds is 8. The fraction of sp³-hybridized carbons (Fsp3) is 0.238. The lowest BCUT2D eigenvalue weighted by Gasteiger charge is -2.12. The van der Waals surface area contributed by atoms with Crippen LogP contribution in [0.15, 0.2) is 41.2 Å².